The highest BCUT2D eigenvalue weighted by atomic mass is 32.1. The molecular formula is C23H28N7O2S+. The summed E-state index contributed by atoms with van der Waals surface area (Å²) in [6.07, 6.45) is 7.80. The van der Waals surface area contributed by atoms with Gasteiger partial charge in [0.1, 0.15) is 22.7 Å². The lowest BCUT2D eigenvalue weighted by molar-refractivity contribution is -0.104. The van der Waals surface area contributed by atoms with E-state index in [-0.39, 0.29) is 12.1 Å². The van der Waals surface area contributed by atoms with Gasteiger partial charge in [0.15, 0.2) is 6.21 Å². The summed E-state index contributed by atoms with van der Waals surface area (Å²) in [5.41, 5.74) is 9.29. The van der Waals surface area contributed by atoms with Crippen molar-refractivity contribution in [1.82, 2.24) is 20.2 Å². The number of rotatable bonds is 5. The smallest absolute Gasteiger partial charge is 0.317 e. The summed E-state index contributed by atoms with van der Waals surface area (Å²) >= 11 is 1.67. The Hall–Kier alpha value is -3.40. The minimum Gasteiger partial charge on any atom is -0.494 e. The molecular weight excluding hydrogens is 438 g/mol. The van der Waals surface area contributed by atoms with E-state index in [4.69, 9.17) is 15.9 Å². The number of nitrogens with zero attached hydrogens (tertiary/aromatic N) is 3. The van der Waals surface area contributed by atoms with E-state index in [9.17, 15) is 4.79 Å². The molecule has 3 aromatic rings. The van der Waals surface area contributed by atoms with E-state index in [1.165, 1.54) is 16.7 Å². The van der Waals surface area contributed by atoms with Crippen molar-refractivity contribution < 1.29 is 14.9 Å². The topological polar surface area (TPSA) is 131 Å². The van der Waals surface area contributed by atoms with Gasteiger partial charge in [-0.2, -0.15) is 0 Å². The molecule has 5 rings (SSSR count). The zero-order valence-corrected chi connectivity index (χ0v) is 19.4. The molecule has 1 unspecified atom stereocenters. The summed E-state index contributed by atoms with van der Waals surface area (Å²) in [5, 5.41) is 13.4. The van der Waals surface area contributed by atoms with E-state index in [1.54, 1.807) is 30.8 Å². The maximum absolute atomic E-state index is 12.5. The first kappa shape index (κ1) is 21.4. The first-order chi connectivity index (χ1) is 16.1. The largest absolute Gasteiger partial charge is 0.494 e. The zero-order chi connectivity index (χ0) is 22.9. The minimum atomic E-state index is 0.0622. The number of urea groups is 1. The lowest BCUT2D eigenvalue weighted by Gasteiger charge is -2.26. The van der Waals surface area contributed by atoms with E-state index >= 15 is 0 Å². The Bertz CT molecular complexity index is 1220. The Kier molecular flexibility index (Phi) is 5.76. The maximum atomic E-state index is 12.5. The van der Waals surface area contributed by atoms with Crippen LogP contribution in [0.15, 0.2) is 18.5 Å². The quantitative estimate of drug-likeness (QED) is 0.335. The molecule has 0 radical (unpaired) electrons. The number of aryl methyl sites for hydroxylation is 1. The van der Waals surface area contributed by atoms with Gasteiger partial charge in [0.2, 0.25) is 0 Å². The molecule has 10 heteroatoms. The van der Waals surface area contributed by atoms with Gasteiger partial charge in [0, 0.05) is 42.2 Å². The zero-order valence-electron chi connectivity index (χ0n) is 18.6. The van der Waals surface area contributed by atoms with Crippen LogP contribution in [0.4, 0.5) is 22.0 Å². The summed E-state index contributed by atoms with van der Waals surface area (Å²) in [7, 11) is 1.60. The molecule has 1 aliphatic carbocycles. The number of nitrogens with two attached hydrogens (primary N) is 2. The van der Waals surface area contributed by atoms with E-state index in [2.05, 4.69) is 20.6 Å². The fourth-order valence-corrected chi connectivity index (χ4v) is 5.93. The van der Waals surface area contributed by atoms with Crippen LogP contribution in [0.3, 0.4) is 0 Å². The number of thiophene rings is 1. The standard InChI is InChI=1S/C23H27N7O2S/c1-32-18-10-16(25)13(11-24)8-17(18)29-21-20-15-5-4-14(28-23(31)30-6-2-3-7-30)9-19(15)33-22(20)27-12-26-21/h8,10-12,14,24H,2-7,9,25H2,1H3,(H,28,31)(H,26,27,29)/p+1. The molecule has 1 aliphatic heterocycles. The third-order valence-electron chi connectivity index (χ3n) is 6.40. The van der Waals surface area contributed by atoms with Gasteiger partial charge in [-0.3, -0.25) is 5.41 Å². The molecule has 2 amide bonds. The van der Waals surface area contributed by atoms with Gasteiger partial charge in [0.25, 0.3) is 0 Å². The van der Waals surface area contributed by atoms with E-state index < -0.39 is 0 Å². The van der Waals surface area contributed by atoms with Crippen molar-refractivity contribution in [3.8, 4) is 5.75 Å². The molecule has 0 saturated carbocycles. The van der Waals surface area contributed by atoms with Crippen LogP contribution in [0.5, 0.6) is 5.75 Å². The van der Waals surface area contributed by atoms with Crippen molar-refractivity contribution in [2.45, 2.75) is 38.1 Å². The number of nitrogens with one attached hydrogen (secondary N) is 2. The average Bonchev–Trinajstić information content (AvgIpc) is 3.48. The number of ether oxygens (including phenoxy) is 1. The second kappa shape index (κ2) is 8.86. The lowest BCUT2D eigenvalue weighted by atomic mass is 9.93. The fourth-order valence-electron chi connectivity index (χ4n) is 4.67. The third kappa shape index (κ3) is 4.06. The molecule has 3 heterocycles. The first-order valence-electron chi connectivity index (χ1n) is 11.2. The molecule has 33 heavy (non-hydrogen) atoms. The molecule has 1 saturated heterocycles. The van der Waals surface area contributed by atoms with Gasteiger partial charge in [-0.15, -0.1) is 11.3 Å². The van der Waals surface area contributed by atoms with Gasteiger partial charge in [0.05, 0.1) is 23.7 Å². The van der Waals surface area contributed by atoms with Gasteiger partial charge >= 0.3 is 6.03 Å². The number of benzene rings is 1. The number of nitrogen functional groups attached to an aromatic ring is 1. The number of fused-ring (bicyclic) bond motifs is 3. The number of aromatic nitrogens is 2. The highest BCUT2D eigenvalue weighted by molar-refractivity contribution is 7.19. The van der Waals surface area contributed by atoms with Crippen LogP contribution >= 0.6 is 11.3 Å². The summed E-state index contributed by atoms with van der Waals surface area (Å²) < 4.78 is 5.52. The highest BCUT2D eigenvalue weighted by Gasteiger charge is 2.28. The molecule has 2 aromatic heterocycles. The number of amides is 2. The monoisotopic (exact) mass is 466 g/mol. The van der Waals surface area contributed by atoms with Crippen molar-refractivity contribution in [2.24, 2.45) is 0 Å². The molecule has 1 aromatic carbocycles. The van der Waals surface area contributed by atoms with Crippen LogP contribution in [0, 0.1) is 0 Å². The minimum absolute atomic E-state index is 0.0622. The van der Waals surface area contributed by atoms with Crippen molar-refractivity contribution in [2.75, 3.05) is 31.2 Å². The molecule has 1 fully saturated rings. The second-order valence-corrected chi connectivity index (χ2v) is 9.55. The molecule has 1 atom stereocenters. The normalized spacial score (nSPS) is 17.6. The summed E-state index contributed by atoms with van der Waals surface area (Å²) in [5.74, 6) is 1.33. The fraction of sp³-hybridized carbons (Fsp3) is 0.391. The van der Waals surface area contributed by atoms with Gasteiger partial charge < -0.3 is 26.0 Å². The first-order valence-corrected chi connectivity index (χ1v) is 12.0. The van der Waals surface area contributed by atoms with E-state index in [0.717, 1.165) is 66.9 Å². The van der Waals surface area contributed by atoms with Crippen LogP contribution in [0.25, 0.3) is 10.2 Å². The second-order valence-electron chi connectivity index (χ2n) is 8.46. The summed E-state index contributed by atoms with van der Waals surface area (Å²) in [6, 6.07) is 3.80. The number of methoxy groups -OCH3 is 1. The predicted molar refractivity (Wildman–Crippen MR) is 130 cm³/mol. The summed E-state index contributed by atoms with van der Waals surface area (Å²) in [4.78, 5) is 25.7. The Morgan fingerprint density at radius 1 is 1.33 bits per heavy atom. The third-order valence-corrected chi connectivity index (χ3v) is 7.57. The number of hydrogen-bond acceptors (Lipinski definition) is 7. The average molecular weight is 467 g/mol. The molecule has 172 valence electrons. The highest BCUT2D eigenvalue weighted by Crippen LogP contribution is 2.40. The van der Waals surface area contributed by atoms with Crippen LogP contribution in [-0.4, -0.2) is 53.4 Å². The van der Waals surface area contributed by atoms with Crippen LogP contribution in [0.2, 0.25) is 0 Å². The van der Waals surface area contributed by atoms with Crippen molar-refractivity contribution in [3.05, 3.63) is 34.5 Å². The molecule has 9 nitrogen and oxygen atoms in total. The van der Waals surface area contributed by atoms with Gasteiger partial charge in [-0.05, 0) is 37.3 Å². The maximum Gasteiger partial charge on any atom is 0.317 e. The Morgan fingerprint density at radius 2 is 2.15 bits per heavy atom. The molecule has 0 spiro atoms. The van der Waals surface area contributed by atoms with Crippen molar-refractivity contribution >= 4 is 51.0 Å². The Balaban J connectivity index is 1.42. The van der Waals surface area contributed by atoms with Gasteiger partial charge in [-0.1, -0.05) is 0 Å². The number of anilines is 3. The molecule has 2 aliphatic rings. The molecule has 0 bridgehead atoms. The number of likely N-dealkylation sites (tertiary alicyclic amines) is 1. The number of hydrogen-bond donors (Lipinski definition) is 4. The number of carbonyl (C=O) groups excluding carboxylic acids is 1. The van der Waals surface area contributed by atoms with Crippen LogP contribution < -0.4 is 26.5 Å². The van der Waals surface area contributed by atoms with Crippen LogP contribution in [0.1, 0.15) is 35.3 Å². The lowest BCUT2D eigenvalue weighted by Crippen LogP contribution is -2.45. The van der Waals surface area contributed by atoms with Crippen LogP contribution in [-0.2, 0) is 12.8 Å². The predicted octanol–water partition coefficient (Wildman–Crippen LogP) is 1.87. The summed E-state index contributed by atoms with van der Waals surface area (Å²) in [6.45, 7) is 1.71. The van der Waals surface area contributed by atoms with Crippen molar-refractivity contribution in [3.63, 3.8) is 0 Å². The SMILES string of the molecule is COc1cc(N)c(C=[NH2+])cc1Nc1ncnc2sc3c(c12)CCC(NC(=O)N1CCCC1)C3. The molecule has 6 N–H and O–H groups in total. The van der Waals surface area contributed by atoms with E-state index in [0.29, 0.717) is 17.0 Å². The van der Waals surface area contributed by atoms with Gasteiger partial charge in [-0.25, -0.2) is 14.8 Å². The Labute approximate surface area is 195 Å². The Morgan fingerprint density at radius 3 is 2.91 bits per heavy atom. The number of carbonyl (C=O) groups is 1. The van der Waals surface area contributed by atoms with E-state index in [1.807, 2.05) is 11.0 Å². The van der Waals surface area contributed by atoms with Crippen molar-refractivity contribution in [1.29, 1.82) is 0 Å².